The Labute approximate surface area is 157 Å². The van der Waals surface area contributed by atoms with Crippen LogP contribution in [0.15, 0.2) is 26.8 Å². The number of halogens is 1. The highest BCUT2D eigenvalue weighted by Gasteiger charge is 2.16. The Morgan fingerprint density at radius 3 is 2.84 bits per heavy atom. The number of rotatable bonds is 7. The molecule has 1 fully saturated rings. The van der Waals surface area contributed by atoms with Crippen molar-refractivity contribution in [3.8, 4) is 11.5 Å². The molecule has 1 aliphatic rings. The SMILES string of the molecule is COc1cc(C=NN=C2NC(=O)CS2)c(Br)cc1OCCOC(C)=O. The second-order valence-corrected chi connectivity index (χ2v) is 6.52. The third kappa shape index (κ3) is 6.05. The van der Waals surface area contributed by atoms with Gasteiger partial charge < -0.3 is 19.5 Å². The van der Waals surface area contributed by atoms with Crippen LogP contribution in [0, 0.1) is 0 Å². The number of carbonyl (C=O) groups is 2. The molecule has 1 saturated heterocycles. The van der Waals surface area contributed by atoms with E-state index >= 15 is 0 Å². The van der Waals surface area contributed by atoms with Crippen LogP contribution in [0.4, 0.5) is 0 Å². The zero-order valence-corrected chi connectivity index (χ0v) is 16.0. The Balaban J connectivity index is 2.04. The molecule has 1 N–H and O–H groups in total. The molecule has 0 radical (unpaired) electrons. The van der Waals surface area contributed by atoms with Gasteiger partial charge in [0.25, 0.3) is 0 Å². The molecule has 1 heterocycles. The molecule has 0 bridgehead atoms. The maximum atomic E-state index is 11.1. The third-order valence-corrected chi connectivity index (χ3v) is 4.41. The lowest BCUT2D eigenvalue weighted by molar-refractivity contribution is -0.141. The molecule has 134 valence electrons. The van der Waals surface area contributed by atoms with E-state index in [-0.39, 0.29) is 25.1 Å². The van der Waals surface area contributed by atoms with Gasteiger partial charge in [-0.2, -0.15) is 5.10 Å². The van der Waals surface area contributed by atoms with Crippen molar-refractivity contribution in [3.05, 3.63) is 22.2 Å². The largest absolute Gasteiger partial charge is 0.493 e. The summed E-state index contributed by atoms with van der Waals surface area (Å²) in [5.41, 5.74) is 0.725. The highest BCUT2D eigenvalue weighted by molar-refractivity contribution is 9.10. The molecule has 0 aromatic heterocycles. The molecule has 8 nitrogen and oxygen atoms in total. The summed E-state index contributed by atoms with van der Waals surface area (Å²) < 4.78 is 16.4. The van der Waals surface area contributed by atoms with Crippen LogP contribution in [-0.4, -0.2) is 49.3 Å². The zero-order chi connectivity index (χ0) is 18.2. The number of nitrogens with zero attached hydrogens (tertiary/aromatic N) is 2. The summed E-state index contributed by atoms with van der Waals surface area (Å²) in [6, 6.07) is 3.46. The van der Waals surface area contributed by atoms with Crippen LogP contribution >= 0.6 is 27.7 Å². The second-order valence-electron chi connectivity index (χ2n) is 4.70. The zero-order valence-electron chi connectivity index (χ0n) is 13.6. The Morgan fingerprint density at radius 1 is 1.40 bits per heavy atom. The molecule has 10 heteroatoms. The van der Waals surface area contributed by atoms with Crippen LogP contribution in [0.25, 0.3) is 0 Å². The summed E-state index contributed by atoms with van der Waals surface area (Å²) in [6.45, 7) is 1.70. The number of carbonyl (C=O) groups excluding carboxylic acids is 2. The minimum Gasteiger partial charge on any atom is -0.493 e. The molecule has 2 rings (SSSR count). The molecule has 25 heavy (non-hydrogen) atoms. The van der Waals surface area contributed by atoms with Gasteiger partial charge in [0.1, 0.15) is 13.2 Å². The van der Waals surface area contributed by atoms with Gasteiger partial charge >= 0.3 is 5.97 Å². The van der Waals surface area contributed by atoms with Crippen molar-refractivity contribution in [2.75, 3.05) is 26.1 Å². The highest BCUT2D eigenvalue weighted by Crippen LogP contribution is 2.33. The fourth-order valence-electron chi connectivity index (χ4n) is 1.78. The summed E-state index contributed by atoms with van der Waals surface area (Å²) in [7, 11) is 1.52. The van der Waals surface area contributed by atoms with Gasteiger partial charge in [-0.15, -0.1) is 5.10 Å². The first-order chi connectivity index (χ1) is 12.0. The lowest BCUT2D eigenvalue weighted by atomic mass is 10.2. The molecular formula is C15H16BrN3O5S. The molecule has 1 aromatic rings. The quantitative estimate of drug-likeness (QED) is 0.307. The molecule has 1 amide bonds. The number of ether oxygens (including phenoxy) is 3. The van der Waals surface area contributed by atoms with Crippen molar-refractivity contribution in [3.63, 3.8) is 0 Å². The predicted octanol–water partition coefficient (Wildman–Crippen LogP) is 1.95. The van der Waals surface area contributed by atoms with Crippen molar-refractivity contribution >= 4 is 51.0 Å². The summed E-state index contributed by atoms with van der Waals surface area (Å²) in [5.74, 6) is 0.913. The molecule has 1 aliphatic heterocycles. The van der Waals surface area contributed by atoms with Crippen LogP contribution in [0.1, 0.15) is 12.5 Å². The highest BCUT2D eigenvalue weighted by atomic mass is 79.9. The summed E-state index contributed by atoms with van der Waals surface area (Å²) in [5, 5.41) is 11.0. The van der Waals surface area contributed by atoms with Crippen LogP contribution < -0.4 is 14.8 Å². The average molecular weight is 430 g/mol. The Morgan fingerprint density at radius 2 is 2.20 bits per heavy atom. The minimum absolute atomic E-state index is 0.0861. The molecule has 0 saturated carbocycles. The molecule has 0 aliphatic carbocycles. The van der Waals surface area contributed by atoms with E-state index in [0.717, 1.165) is 10.0 Å². The first-order valence-corrected chi connectivity index (χ1v) is 8.95. The molecule has 1 aromatic carbocycles. The molecule has 0 unspecified atom stereocenters. The monoisotopic (exact) mass is 429 g/mol. The fourth-order valence-corrected chi connectivity index (χ4v) is 2.84. The van der Waals surface area contributed by atoms with Crippen molar-refractivity contribution < 1.29 is 23.8 Å². The number of hydrogen-bond donors (Lipinski definition) is 1. The number of esters is 1. The molecule has 0 atom stereocenters. The van der Waals surface area contributed by atoms with Gasteiger partial charge in [0, 0.05) is 17.0 Å². The normalized spacial score (nSPS) is 15.5. The first kappa shape index (κ1) is 19.3. The van der Waals surface area contributed by atoms with Crippen LogP contribution in [0.2, 0.25) is 0 Å². The van der Waals surface area contributed by atoms with E-state index in [0.29, 0.717) is 22.4 Å². The standard InChI is InChI=1S/C15H16BrN3O5S/c1-9(20)23-3-4-24-13-6-11(16)10(5-12(13)22-2)7-17-19-15-18-14(21)8-25-15/h5-7H,3-4,8H2,1-2H3,(H,18,19,21). The fraction of sp³-hybridized carbons (Fsp3) is 0.333. The summed E-state index contributed by atoms with van der Waals surface area (Å²) in [6.07, 6.45) is 1.54. The second kappa shape index (κ2) is 9.42. The maximum Gasteiger partial charge on any atom is 0.302 e. The van der Waals surface area contributed by atoms with Gasteiger partial charge in [0.2, 0.25) is 5.91 Å². The third-order valence-electron chi connectivity index (χ3n) is 2.86. The van der Waals surface area contributed by atoms with Gasteiger partial charge in [0.15, 0.2) is 16.7 Å². The van der Waals surface area contributed by atoms with Crippen molar-refractivity contribution in [2.45, 2.75) is 6.92 Å². The van der Waals surface area contributed by atoms with Gasteiger partial charge in [0.05, 0.1) is 19.1 Å². The van der Waals surface area contributed by atoms with Crippen LogP contribution in [-0.2, 0) is 14.3 Å². The van der Waals surface area contributed by atoms with E-state index in [2.05, 4.69) is 31.4 Å². The Bertz CT molecular complexity index is 723. The van der Waals surface area contributed by atoms with E-state index in [1.54, 1.807) is 12.1 Å². The number of methoxy groups -OCH3 is 1. The topological polar surface area (TPSA) is 98.6 Å². The van der Waals surface area contributed by atoms with Crippen LogP contribution in [0.5, 0.6) is 11.5 Å². The van der Waals surface area contributed by atoms with E-state index in [4.69, 9.17) is 14.2 Å². The number of amides is 1. The van der Waals surface area contributed by atoms with Crippen LogP contribution in [0.3, 0.4) is 0 Å². The number of hydrogen-bond acceptors (Lipinski definition) is 8. The van der Waals surface area contributed by atoms with E-state index in [1.807, 2.05) is 0 Å². The van der Waals surface area contributed by atoms with E-state index in [9.17, 15) is 9.59 Å². The number of benzene rings is 1. The lowest BCUT2D eigenvalue weighted by Gasteiger charge is -2.12. The smallest absolute Gasteiger partial charge is 0.302 e. The Hall–Kier alpha value is -2.07. The van der Waals surface area contributed by atoms with Gasteiger partial charge in [-0.1, -0.05) is 11.8 Å². The van der Waals surface area contributed by atoms with E-state index in [1.165, 1.54) is 32.0 Å². The predicted molar refractivity (Wildman–Crippen MR) is 98.5 cm³/mol. The number of nitrogens with one attached hydrogen (secondary N) is 1. The maximum absolute atomic E-state index is 11.1. The Kier molecular flexibility index (Phi) is 7.26. The summed E-state index contributed by atoms with van der Waals surface area (Å²) >= 11 is 4.73. The van der Waals surface area contributed by atoms with E-state index < -0.39 is 0 Å². The number of thioether (sulfide) groups is 1. The van der Waals surface area contributed by atoms with Gasteiger partial charge in [-0.05, 0) is 28.1 Å². The van der Waals surface area contributed by atoms with Crippen molar-refractivity contribution in [1.29, 1.82) is 0 Å². The first-order valence-electron chi connectivity index (χ1n) is 7.17. The molecular weight excluding hydrogens is 414 g/mol. The minimum atomic E-state index is -0.360. The van der Waals surface area contributed by atoms with Gasteiger partial charge in [-0.3, -0.25) is 9.59 Å². The average Bonchev–Trinajstić information content (AvgIpc) is 2.98. The van der Waals surface area contributed by atoms with Crippen molar-refractivity contribution in [2.24, 2.45) is 10.2 Å². The summed E-state index contributed by atoms with van der Waals surface area (Å²) in [4.78, 5) is 21.8. The van der Waals surface area contributed by atoms with Gasteiger partial charge in [-0.25, -0.2) is 0 Å². The lowest BCUT2D eigenvalue weighted by Crippen LogP contribution is -2.19. The molecule has 0 spiro atoms. The van der Waals surface area contributed by atoms with Crippen molar-refractivity contribution in [1.82, 2.24) is 5.32 Å². The number of amidine groups is 1.